The number of ether oxygens (including phenoxy) is 1. The smallest absolute Gasteiger partial charge is 0.251 e. The topological polar surface area (TPSA) is 87.7 Å². The lowest BCUT2D eigenvalue weighted by molar-refractivity contribution is -0.134. The zero-order chi connectivity index (χ0) is 20.1. The summed E-state index contributed by atoms with van der Waals surface area (Å²) in [6.07, 6.45) is 4.33. The van der Waals surface area contributed by atoms with E-state index in [1.165, 1.54) is 0 Å². The van der Waals surface area contributed by atoms with E-state index in [2.05, 4.69) is 10.6 Å². The number of hydrogen-bond donors (Lipinski definition) is 2. The van der Waals surface area contributed by atoms with Crippen LogP contribution in [0.25, 0.3) is 0 Å². The zero-order valence-corrected chi connectivity index (χ0v) is 16.6. The molecule has 1 heterocycles. The average molecular weight is 387 g/mol. The average Bonchev–Trinajstić information content (AvgIpc) is 3.57. The Morgan fingerprint density at radius 1 is 1.11 bits per heavy atom. The number of amides is 3. The van der Waals surface area contributed by atoms with E-state index in [0.29, 0.717) is 23.6 Å². The van der Waals surface area contributed by atoms with Crippen molar-refractivity contribution in [3.05, 3.63) is 29.8 Å². The van der Waals surface area contributed by atoms with Crippen LogP contribution in [0.2, 0.25) is 0 Å². The monoisotopic (exact) mass is 387 g/mol. The summed E-state index contributed by atoms with van der Waals surface area (Å²) in [5.41, 5.74) is 0.486. The largest absolute Gasteiger partial charge is 0.490 e. The number of hydrogen-bond acceptors (Lipinski definition) is 4. The van der Waals surface area contributed by atoms with Gasteiger partial charge in [-0.3, -0.25) is 14.4 Å². The van der Waals surface area contributed by atoms with Crippen LogP contribution in [0.4, 0.5) is 0 Å². The van der Waals surface area contributed by atoms with Crippen LogP contribution in [-0.2, 0) is 9.59 Å². The molecular weight excluding hydrogens is 358 g/mol. The van der Waals surface area contributed by atoms with Crippen molar-refractivity contribution in [2.24, 2.45) is 5.92 Å². The first-order valence-corrected chi connectivity index (χ1v) is 10.1. The summed E-state index contributed by atoms with van der Waals surface area (Å²) in [5.74, 6) is 0.792. The van der Waals surface area contributed by atoms with Crippen LogP contribution in [0.5, 0.6) is 5.75 Å². The first-order chi connectivity index (χ1) is 13.5. The van der Waals surface area contributed by atoms with Gasteiger partial charge in [0.25, 0.3) is 5.91 Å². The fraction of sp³-hybridized carbons (Fsp3) is 0.571. The Labute approximate surface area is 165 Å². The number of carbonyl (C=O) groups is 3. The number of likely N-dealkylation sites (N-methyl/N-ethyl adjacent to an activating group) is 1. The lowest BCUT2D eigenvalue weighted by Gasteiger charge is -2.32. The zero-order valence-electron chi connectivity index (χ0n) is 16.6. The third kappa shape index (κ3) is 5.03. The first kappa shape index (κ1) is 20.2. The minimum absolute atomic E-state index is 0.0839. The summed E-state index contributed by atoms with van der Waals surface area (Å²) in [4.78, 5) is 38.1. The molecule has 3 rings (SSSR count). The molecule has 7 heteroatoms. The van der Waals surface area contributed by atoms with Gasteiger partial charge in [-0.15, -0.1) is 0 Å². The van der Waals surface area contributed by atoms with Crippen LogP contribution in [0.15, 0.2) is 24.3 Å². The normalized spacial score (nSPS) is 18.3. The van der Waals surface area contributed by atoms with Crippen molar-refractivity contribution >= 4 is 17.7 Å². The quantitative estimate of drug-likeness (QED) is 0.746. The molecule has 1 aliphatic carbocycles. The van der Waals surface area contributed by atoms with Crippen molar-refractivity contribution in [1.29, 1.82) is 0 Å². The predicted molar refractivity (Wildman–Crippen MR) is 105 cm³/mol. The van der Waals surface area contributed by atoms with E-state index in [4.69, 9.17) is 4.74 Å². The fourth-order valence-corrected chi connectivity index (χ4v) is 3.43. The molecule has 28 heavy (non-hydrogen) atoms. The van der Waals surface area contributed by atoms with Crippen LogP contribution in [0.1, 0.15) is 49.4 Å². The molecule has 1 atom stereocenters. The molecule has 0 aromatic heterocycles. The molecule has 0 bridgehead atoms. The second kappa shape index (κ2) is 9.08. The van der Waals surface area contributed by atoms with Gasteiger partial charge in [-0.25, -0.2) is 0 Å². The number of benzene rings is 1. The Bertz CT molecular complexity index is 707. The molecule has 1 saturated carbocycles. The third-order valence-corrected chi connectivity index (χ3v) is 5.38. The van der Waals surface area contributed by atoms with Crippen LogP contribution < -0.4 is 15.4 Å². The number of rotatable bonds is 7. The van der Waals surface area contributed by atoms with E-state index in [-0.39, 0.29) is 23.8 Å². The summed E-state index contributed by atoms with van der Waals surface area (Å²) in [6.45, 7) is 3.34. The maximum atomic E-state index is 12.3. The van der Waals surface area contributed by atoms with Gasteiger partial charge in [-0.05, 0) is 43.5 Å². The van der Waals surface area contributed by atoms with Crippen molar-refractivity contribution in [3.8, 4) is 5.75 Å². The van der Waals surface area contributed by atoms with Gasteiger partial charge >= 0.3 is 0 Å². The van der Waals surface area contributed by atoms with Gasteiger partial charge in [0.15, 0.2) is 0 Å². The van der Waals surface area contributed by atoms with Gasteiger partial charge < -0.3 is 20.3 Å². The molecule has 1 aromatic carbocycles. The highest BCUT2D eigenvalue weighted by atomic mass is 16.5. The molecule has 2 aliphatic rings. The predicted octanol–water partition coefficient (Wildman–Crippen LogP) is 1.72. The second-order valence-electron chi connectivity index (χ2n) is 7.49. The number of nitrogens with one attached hydrogen (secondary N) is 2. The van der Waals surface area contributed by atoms with Gasteiger partial charge in [0.05, 0.1) is 0 Å². The lowest BCUT2D eigenvalue weighted by Crippen LogP contribution is -2.45. The molecule has 1 aliphatic heterocycles. The van der Waals surface area contributed by atoms with Crippen molar-refractivity contribution in [2.45, 2.75) is 51.2 Å². The number of nitrogens with zero attached hydrogens (tertiary/aromatic N) is 1. The van der Waals surface area contributed by atoms with Crippen LogP contribution in [0.3, 0.4) is 0 Å². The minimum atomic E-state index is -0.544. The second-order valence-corrected chi connectivity index (χ2v) is 7.49. The van der Waals surface area contributed by atoms with Crippen LogP contribution >= 0.6 is 0 Å². The summed E-state index contributed by atoms with van der Waals surface area (Å²) in [6, 6.07) is 6.41. The minimum Gasteiger partial charge on any atom is -0.490 e. The Morgan fingerprint density at radius 2 is 1.75 bits per heavy atom. The molecular formula is C21H29N3O4. The van der Waals surface area contributed by atoms with Crippen molar-refractivity contribution in [2.75, 3.05) is 20.1 Å². The van der Waals surface area contributed by atoms with E-state index < -0.39 is 6.04 Å². The molecule has 1 aromatic rings. The van der Waals surface area contributed by atoms with Crippen molar-refractivity contribution in [1.82, 2.24) is 15.5 Å². The summed E-state index contributed by atoms with van der Waals surface area (Å²) < 4.78 is 6.02. The summed E-state index contributed by atoms with van der Waals surface area (Å²) in [5, 5.41) is 5.28. The molecule has 3 amide bonds. The van der Waals surface area contributed by atoms with E-state index in [0.717, 1.165) is 38.8 Å². The maximum absolute atomic E-state index is 12.3. The van der Waals surface area contributed by atoms with Gasteiger partial charge in [-0.1, -0.05) is 6.92 Å². The number of piperidine rings is 1. The third-order valence-electron chi connectivity index (χ3n) is 5.38. The molecule has 2 N–H and O–H groups in total. The standard InChI is InChI=1S/C21H29N3O4/c1-3-18(20(26)22-2)23-19(25)14-6-8-16(9-7-14)28-17-10-12-24(13-11-17)21(27)15-4-5-15/h6-9,15,17-18H,3-5,10-13H2,1-2H3,(H,22,26)(H,23,25)/t18-/m0/s1. The Morgan fingerprint density at radius 3 is 2.29 bits per heavy atom. The molecule has 2 fully saturated rings. The van der Waals surface area contributed by atoms with Crippen LogP contribution in [0, 0.1) is 5.92 Å². The van der Waals surface area contributed by atoms with Crippen molar-refractivity contribution in [3.63, 3.8) is 0 Å². The van der Waals surface area contributed by atoms with Gasteiger partial charge in [0, 0.05) is 44.5 Å². The molecule has 152 valence electrons. The highest BCUT2D eigenvalue weighted by Gasteiger charge is 2.35. The highest BCUT2D eigenvalue weighted by molar-refractivity contribution is 5.97. The molecule has 0 unspecified atom stereocenters. The fourth-order valence-electron chi connectivity index (χ4n) is 3.43. The molecule has 0 spiro atoms. The summed E-state index contributed by atoms with van der Waals surface area (Å²) in [7, 11) is 1.55. The summed E-state index contributed by atoms with van der Waals surface area (Å²) >= 11 is 0. The molecule has 0 radical (unpaired) electrons. The van der Waals surface area contributed by atoms with Gasteiger partial charge in [0.1, 0.15) is 17.9 Å². The van der Waals surface area contributed by atoms with Gasteiger partial charge in [-0.2, -0.15) is 0 Å². The Balaban J connectivity index is 1.48. The van der Waals surface area contributed by atoms with Crippen LogP contribution in [-0.4, -0.2) is 54.9 Å². The Hall–Kier alpha value is -2.57. The van der Waals surface area contributed by atoms with Crippen molar-refractivity contribution < 1.29 is 19.1 Å². The first-order valence-electron chi connectivity index (χ1n) is 10.1. The highest BCUT2D eigenvalue weighted by Crippen LogP contribution is 2.32. The van der Waals surface area contributed by atoms with E-state index in [1.54, 1.807) is 31.3 Å². The SMILES string of the molecule is CC[C@H](NC(=O)c1ccc(OC2CCN(C(=O)C3CC3)CC2)cc1)C(=O)NC. The van der Waals surface area contributed by atoms with E-state index >= 15 is 0 Å². The van der Waals surface area contributed by atoms with E-state index in [9.17, 15) is 14.4 Å². The molecule has 1 saturated heterocycles. The Kier molecular flexibility index (Phi) is 6.54. The van der Waals surface area contributed by atoms with Gasteiger partial charge in [0.2, 0.25) is 11.8 Å². The number of likely N-dealkylation sites (tertiary alicyclic amines) is 1. The number of carbonyl (C=O) groups excluding carboxylic acids is 3. The maximum Gasteiger partial charge on any atom is 0.251 e. The lowest BCUT2D eigenvalue weighted by atomic mass is 10.1. The molecule has 7 nitrogen and oxygen atoms in total. The van der Waals surface area contributed by atoms with E-state index in [1.807, 2.05) is 11.8 Å².